The Labute approximate surface area is 218 Å². The van der Waals surface area contributed by atoms with Crippen molar-refractivity contribution in [2.24, 2.45) is 4.99 Å². The molecule has 0 bridgehead atoms. The van der Waals surface area contributed by atoms with Crippen molar-refractivity contribution in [2.75, 3.05) is 19.5 Å². The second-order valence-corrected chi connectivity index (χ2v) is 8.61. The zero-order chi connectivity index (χ0) is 25.7. The molecule has 0 atom stereocenters. The first-order valence-corrected chi connectivity index (χ1v) is 11.9. The average molecular weight is 523 g/mol. The molecule has 0 radical (unpaired) electrons. The van der Waals surface area contributed by atoms with Gasteiger partial charge in [-0.05, 0) is 66.6 Å². The van der Waals surface area contributed by atoms with Gasteiger partial charge in [-0.1, -0.05) is 42.3 Å². The third-order valence-corrected chi connectivity index (χ3v) is 5.91. The van der Waals surface area contributed by atoms with Crippen molar-refractivity contribution in [1.82, 2.24) is 9.78 Å². The number of carbonyl (C=O) groups excluding carboxylic acids is 1. The van der Waals surface area contributed by atoms with Crippen LogP contribution in [0.3, 0.4) is 0 Å². The Morgan fingerprint density at radius 2 is 1.61 bits per heavy atom. The molecule has 0 spiro atoms. The van der Waals surface area contributed by atoms with Crippen LogP contribution in [0.25, 0.3) is 5.69 Å². The largest absolute Gasteiger partial charge is 0.495 e. The van der Waals surface area contributed by atoms with Gasteiger partial charge in [0.25, 0.3) is 5.91 Å². The zero-order valence-electron chi connectivity index (χ0n) is 20.0. The molecule has 0 fully saturated rings. The average Bonchev–Trinajstić information content (AvgIpc) is 2.89. The van der Waals surface area contributed by atoms with Gasteiger partial charge in [0.2, 0.25) is 0 Å². The Hall–Kier alpha value is -3.81. The fourth-order valence-electron chi connectivity index (χ4n) is 3.53. The van der Waals surface area contributed by atoms with E-state index in [9.17, 15) is 4.79 Å². The fraction of sp³-hybridized carbons (Fsp3) is 0.148. The van der Waals surface area contributed by atoms with Crippen molar-refractivity contribution in [1.29, 1.82) is 0 Å². The molecule has 0 saturated heterocycles. The minimum atomic E-state index is -0.491. The molecule has 0 aliphatic carbocycles. The molecule has 1 aromatic heterocycles. The number of amides is 1. The van der Waals surface area contributed by atoms with E-state index in [2.05, 4.69) is 22.3 Å². The highest BCUT2D eigenvalue weighted by molar-refractivity contribution is 6.31. The van der Waals surface area contributed by atoms with Gasteiger partial charge >= 0.3 is 0 Å². The first-order valence-electron chi connectivity index (χ1n) is 11.1. The van der Waals surface area contributed by atoms with E-state index >= 15 is 0 Å². The van der Waals surface area contributed by atoms with Crippen molar-refractivity contribution in [2.45, 2.75) is 13.3 Å². The quantitative estimate of drug-likeness (QED) is 0.311. The summed E-state index contributed by atoms with van der Waals surface area (Å²) in [5.41, 5.74) is 2.96. The third kappa shape index (κ3) is 5.70. The number of ether oxygens (including phenoxy) is 2. The predicted octanol–water partition coefficient (Wildman–Crippen LogP) is 6.24. The summed E-state index contributed by atoms with van der Waals surface area (Å²) in [7, 11) is 3.05. The first-order chi connectivity index (χ1) is 17.4. The molecule has 3 aromatic carbocycles. The molecule has 7 nitrogen and oxygen atoms in total. The Morgan fingerprint density at radius 1 is 0.944 bits per heavy atom. The molecule has 0 saturated carbocycles. The lowest BCUT2D eigenvalue weighted by Gasteiger charge is -2.12. The van der Waals surface area contributed by atoms with Crippen molar-refractivity contribution in [3.63, 3.8) is 0 Å². The molecule has 184 valence electrons. The summed E-state index contributed by atoms with van der Waals surface area (Å²) in [5.74, 6) is 0.478. The predicted molar refractivity (Wildman–Crippen MR) is 142 cm³/mol. The van der Waals surface area contributed by atoms with Gasteiger partial charge in [0.05, 0.1) is 31.0 Å². The number of rotatable bonds is 7. The van der Waals surface area contributed by atoms with E-state index in [1.807, 2.05) is 24.3 Å². The van der Waals surface area contributed by atoms with E-state index in [1.54, 1.807) is 60.5 Å². The summed E-state index contributed by atoms with van der Waals surface area (Å²) in [5, 5.41) is 8.72. The van der Waals surface area contributed by atoms with Gasteiger partial charge in [0.15, 0.2) is 5.69 Å². The molecule has 36 heavy (non-hydrogen) atoms. The summed E-state index contributed by atoms with van der Waals surface area (Å²) in [4.78, 5) is 18.2. The lowest BCUT2D eigenvalue weighted by molar-refractivity contribution is 0.101. The number of nitrogens with one attached hydrogen (secondary N) is 1. The molecular formula is C27H24Cl2N4O3. The maximum atomic E-state index is 13.5. The van der Waals surface area contributed by atoms with Crippen molar-refractivity contribution in [3.8, 4) is 17.2 Å². The summed E-state index contributed by atoms with van der Waals surface area (Å²) < 4.78 is 12.4. The number of halogens is 2. The van der Waals surface area contributed by atoms with E-state index in [0.717, 1.165) is 12.1 Å². The third-order valence-electron chi connectivity index (χ3n) is 5.44. The Kier molecular flexibility index (Phi) is 7.93. The van der Waals surface area contributed by atoms with Gasteiger partial charge in [0, 0.05) is 16.2 Å². The first kappa shape index (κ1) is 25.3. The highest BCUT2D eigenvalue weighted by Crippen LogP contribution is 2.30. The molecule has 1 heterocycles. The maximum Gasteiger partial charge on any atom is 0.278 e. The summed E-state index contributed by atoms with van der Waals surface area (Å²) >= 11 is 12.3. The minimum absolute atomic E-state index is 0.0844. The number of aromatic nitrogens is 2. The number of hydrogen-bond donors (Lipinski definition) is 1. The van der Waals surface area contributed by atoms with Crippen molar-refractivity contribution in [3.05, 3.63) is 99.6 Å². The second-order valence-electron chi connectivity index (χ2n) is 7.74. The molecule has 0 unspecified atom stereocenters. The van der Waals surface area contributed by atoms with Crippen LogP contribution < -0.4 is 20.1 Å². The Morgan fingerprint density at radius 3 is 2.28 bits per heavy atom. The van der Waals surface area contributed by atoms with Gasteiger partial charge < -0.3 is 14.8 Å². The van der Waals surface area contributed by atoms with E-state index in [-0.39, 0.29) is 5.69 Å². The lowest BCUT2D eigenvalue weighted by Crippen LogP contribution is -2.26. The number of methoxy groups -OCH3 is 2. The van der Waals surface area contributed by atoms with Crippen LogP contribution in [0.5, 0.6) is 11.5 Å². The van der Waals surface area contributed by atoms with Gasteiger partial charge in [-0.25, -0.2) is 9.67 Å². The molecule has 0 aliphatic heterocycles. The summed E-state index contributed by atoms with van der Waals surface area (Å²) in [6.07, 6.45) is 2.67. The van der Waals surface area contributed by atoms with Gasteiger partial charge in [-0.3, -0.25) is 4.79 Å². The molecule has 9 heteroatoms. The van der Waals surface area contributed by atoms with Crippen molar-refractivity contribution < 1.29 is 14.3 Å². The standard InChI is InChI=1S/C27H24Cl2N4O3/c1-4-17-5-9-20(10-6-17)33-14-13-21(30-22-15-18(28)7-11-24(22)35-2)26(32-33)27(34)31-23-16-19(29)8-12-25(23)36-3/h5-16H,4H2,1-3H3,(H,31,34). The highest BCUT2D eigenvalue weighted by Gasteiger charge is 2.16. The monoisotopic (exact) mass is 522 g/mol. The molecule has 4 rings (SSSR count). The topological polar surface area (TPSA) is 77.7 Å². The van der Waals surface area contributed by atoms with Gasteiger partial charge in [-0.2, -0.15) is 5.10 Å². The maximum absolute atomic E-state index is 13.5. The Bertz CT molecular complexity index is 1470. The van der Waals surface area contributed by atoms with Crippen molar-refractivity contribution >= 4 is 40.5 Å². The van der Waals surface area contributed by atoms with E-state index in [1.165, 1.54) is 12.7 Å². The number of carbonyl (C=O) groups is 1. The molecule has 1 amide bonds. The van der Waals surface area contributed by atoms with Crippen LogP contribution in [0.2, 0.25) is 10.0 Å². The second kappa shape index (κ2) is 11.3. The number of benzene rings is 3. The van der Waals surface area contributed by atoms with Gasteiger partial charge in [0.1, 0.15) is 17.2 Å². The SMILES string of the molecule is CCc1ccc(-n2ccc(=Nc3cc(Cl)ccc3OC)c(C(=O)Nc3cc(Cl)ccc3OC)n2)cc1. The van der Waals surface area contributed by atoms with Crippen LogP contribution in [0.15, 0.2) is 77.9 Å². The number of anilines is 1. The number of aryl methyl sites for hydroxylation is 1. The normalized spacial score (nSPS) is 11.3. The van der Waals surface area contributed by atoms with Crippen LogP contribution in [0.4, 0.5) is 11.4 Å². The lowest BCUT2D eigenvalue weighted by atomic mass is 10.1. The van der Waals surface area contributed by atoms with E-state index in [4.69, 9.17) is 32.7 Å². The Balaban J connectivity index is 1.85. The van der Waals surface area contributed by atoms with E-state index < -0.39 is 5.91 Å². The highest BCUT2D eigenvalue weighted by atomic mass is 35.5. The van der Waals surface area contributed by atoms with Crippen LogP contribution in [0, 0.1) is 0 Å². The summed E-state index contributed by atoms with van der Waals surface area (Å²) in [6.45, 7) is 2.09. The molecule has 4 aromatic rings. The number of hydrogen-bond acceptors (Lipinski definition) is 5. The van der Waals surface area contributed by atoms with Crippen LogP contribution in [-0.2, 0) is 6.42 Å². The van der Waals surface area contributed by atoms with Crippen LogP contribution >= 0.6 is 23.2 Å². The smallest absolute Gasteiger partial charge is 0.278 e. The molecule has 0 aliphatic rings. The van der Waals surface area contributed by atoms with Crippen LogP contribution in [-0.4, -0.2) is 29.9 Å². The fourth-order valence-corrected chi connectivity index (χ4v) is 3.87. The minimum Gasteiger partial charge on any atom is -0.495 e. The molecular weight excluding hydrogens is 499 g/mol. The zero-order valence-corrected chi connectivity index (χ0v) is 21.5. The summed E-state index contributed by atoms with van der Waals surface area (Å²) in [6, 6.07) is 19.7. The van der Waals surface area contributed by atoms with Crippen LogP contribution in [0.1, 0.15) is 23.0 Å². The van der Waals surface area contributed by atoms with E-state index in [0.29, 0.717) is 38.3 Å². The number of nitrogens with zero attached hydrogens (tertiary/aromatic N) is 3. The molecule has 1 N–H and O–H groups in total. The van der Waals surface area contributed by atoms with Gasteiger partial charge in [-0.15, -0.1) is 0 Å².